The van der Waals surface area contributed by atoms with Gasteiger partial charge in [-0.15, -0.1) is 0 Å². The van der Waals surface area contributed by atoms with E-state index in [0.29, 0.717) is 0 Å². The van der Waals surface area contributed by atoms with Gasteiger partial charge in [0.15, 0.2) is 0 Å². The lowest BCUT2D eigenvalue weighted by Crippen LogP contribution is -2.25. The molecule has 0 nitrogen and oxygen atoms in total. The summed E-state index contributed by atoms with van der Waals surface area (Å²) in [6.07, 6.45) is 11.7. The van der Waals surface area contributed by atoms with E-state index in [1.54, 1.807) is 0 Å². The Morgan fingerprint density at radius 2 is 1.92 bits per heavy atom. The predicted octanol–water partition coefficient (Wildman–Crippen LogP) is 4.78. The van der Waals surface area contributed by atoms with Crippen molar-refractivity contribution in [3.63, 3.8) is 0 Å². The van der Waals surface area contributed by atoms with Gasteiger partial charge in [0.25, 0.3) is 0 Å². The summed E-state index contributed by atoms with van der Waals surface area (Å²) in [6, 6.07) is 0. The van der Waals surface area contributed by atoms with Gasteiger partial charge in [0, 0.05) is 0 Å². The van der Waals surface area contributed by atoms with Crippen LogP contribution in [0.25, 0.3) is 0 Å². The van der Waals surface area contributed by atoms with Crippen molar-refractivity contribution in [2.45, 2.75) is 72.1 Å². The molecule has 0 heterocycles. The minimum Gasteiger partial charge on any atom is -0.0651 e. The van der Waals surface area contributed by atoms with Gasteiger partial charge < -0.3 is 0 Å². The molecular weight excluding hydrogens is 156 g/mol. The highest BCUT2D eigenvalue weighted by molar-refractivity contribution is 4.82. The molecule has 0 saturated heterocycles. The minimum absolute atomic E-state index is 0.759. The predicted molar refractivity (Wildman–Crippen MR) is 59.9 cm³/mol. The average Bonchev–Trinajstić information content (AvgIpc) is 2.09. The molecule has 1 unspecified atom stereocenters. The molecule has 0 heteroatoms. The van der Waals surface area contributed by atoms with Crippen LogP contribution >= 0.6 is 0 Å². The van der Waals surface area contributed by atoms with E-state index in [9.17, 15) is 0 Å². The third-order valence-corrected chi connectivity index (χ3v) is 3.98. The van der Waals surface area contributed by atoms with Crippen LogP contribution < -0.4 is 0 Å². The molecule has 0 spiro atoms. The van der Waals surface area contributed by atoms with Gasteiger partial charge in [-0.25, -0.2) is 0 Å². The number of hydrogen-bond acceptors (Lipinski definition) is 0. The summed E-state index contributed by atoms with van der Waals surface area (Å²) in [4.78, 5) is 0. The SMILES string of the molecule is CCC(C)CCCCC1(C)CCC1. The zero-order valence-electron chi connectivity index (χ0n) is 9.73. The van der Waals surface area contributed by atoms with Crippen molar-refractivity contribution in [1.29, 1.82) is 0 Å². The van der Waals surface area contributed by atoms with E-state index < -0.39 is 0 Å². The summed E-state index contributed by atoms with van der Waals surface area (Å²) in [5.41, 5.74) is 0.759. The van der Waals surface area contributed by atoms with E-state index in [1.165, 1.54) is 51.4 Å². The van der Waals surface area contributed by atoms with Crippen LogP contribution in [0.15, 0.2) is 0 Å². The first-order chi connectivity index (χ1) is 6.16. The first-order valence-corrected chi connectivity index (χ1v) is 6.16. The summed E-state index contributed by atoms with van der Waals surface area (Å²) >= 11 is 0. The van der Waals surface area contributed by atoms with Crippen LogP contribution in [0.4, 0.5) is 0 Å². The molecule has 78 valence electrons. The van der Waals surface area contributed by atoms with Gasteiger partial charge >= 0.3 is 0 Å². The van der Waals surface area contributed by atoms with E-state index in [2.05, 4.69) is 20.8 Å². The van der Waals surface area contributed by atoms with Crippen molar-refractivity contribution in [2.75, 3.05) is 0 Å². The fourth-order valence-corrected chi connectivity index (χ4v) is 2.28. The molecule has 13 heavy (non-hydrogen) atoms. The lowest BCUT2D eigenvalue weighted by Gasteiger charge is -2.38. The molecule has 1 saturated carbocycles. The van der Waals surface area contributed by atoms with E-state index >= 15 is 0 Å². The molecule has 0 radical (unpaired) electrons. The lowest BCUT2D eigenvalue weighted by molar-refractivity contribution is 0.140. The minimum atomic E-state index is 0.759. The van der Waals surface area contributed by atoms with Crippen molar-refractivity contribution < 1.29 is 0 Å². The highest BCUT2D eigenvalue weighted by atomic mass is 14.4. The zero-order chi connectivity index (χ0) is 9.73. The zero-order valence-corrected chi connectivity index (χ0v) is 9.73. The Balaban J connectivity index is 1.94. The largest absolute Gasteiger partial charge is 0.0651 e. The van der Waals surface area contributed by atoms with E-state index in [0.717, 1.165) is 11.3 Å². The Morgan fingerprint density at radius 1 is 1.23 bits per heavy atom. The van der Waals surface area contributed by atoms with Gasteiger partial charge in [0.05, 0.1) is 0 Å². The van der Waals surface area contributed by atoms with Crippen molar-refractivity contribution in [2.24, 2.45) is 11.3 Å². The maximum Gasteiger partial charge on any atom is -0.0326 e. The van der Waals surface area contributed by atoms with Gasteiger partial charge in [-0.2, -0.15) is 0 Å². The van der Waals surface area contributed by atoms with Crippen LogP contribution in [-0.2, 0) is 0 Å². The smallest absolute Gasteiger partial charge is 0.0326 e. The maximum absolute atomic E-state index is 2.47. The van der Waals surface area contributed by atoms with E-state index in [-0.39, 0.29) is 0 Å². The monoisotopic (exact) mass is 182 g/mol. The normalized spacial score (nSPS) is 22.4. The molecule has 1 rings (SSSR count). The number of unbranched alkanes of at least 4 members (excludes halogenated alkanes) is 1. The van der Waals surface area contributed by atoms with Crippen molar-refractivity contribution >= 4 is 0 Å². The summed E-state index contributed by atoms with van der Waals surface area (Å²) in [7, 11) is 0. The summed E-state index contributed by atoms with van der Waals surface area (Å²) in [6.45, 7) is 7.16. The first-order valence-electron chi connectivity index (χ1n) is 6.16. The van der Waals surface area contributed by atoms with Crippen LogP contribution in [-0.4, -0.2) is 0 Å². The molecule has 0 N–H and O–H groups in total. The molecule has 0 aliphatic heterocycles. The van der Waals surface area contributed by atoms with Crippen LogP contribution in [0.3, 0.4) is 0 Å². The van der Waals surface area contributed by atoms with Gasteiger partial charge in [0.1, 0.15) is 0 Å². The van der Waals surface area contributed by atoms with E-state index in [1.807, 2.05) is 0 Å². The topological polar surface area (TPSA) is 0 Å². The first kappa shape index (κ1) is 11.1. The molecule has 1 fully saturated rings. The van der Waals surface area contributed by atoms with Gasteiger partial charge in [-0.1, -0.05) is 52.9 Å². The summed E-state index contributed by atoms with van der Waals surface area (Å²) in [5, 5.41) is 0. The molecule has 0 aromatic rings. The average molecular weight is 182 g/mol. The second kappa shape index (κ2) is 5.02. The quantitative estimate of drug-likeness (QED) is 0.518. The highest BCUT2D eigenvalue weighted by Crippen LogP contribution is 2.44. The fraction of sp³-hybridized carbons (Fsp3) is 1.00. The Morgan fingerprint density at radius 3 is 2.38 bits per heavy atom. The van der Waals surface area contributed by atoms with Crippen molar-refractivity contribution in [3.8, 4) is 0 Å². The van der Waals surface area contributed by atoms with Crippen LogP contribution in [0.1, 0.15) is 72.1 Å². The van der Waals surface area contributed by atoms with Crippen molar-refractivity contribution in [1.82, 2.24) is 0 Å². The third-order valence-electron chi connectivity index (χ3n) is 3.98. The third kappa shape index (κ3) is 3.70. The molecule has 0 aromatic heterocycles. The van der Waals surface area contributed by atoms with Gasteiger partial charge in [-0.3, -0.25) is 0 Å². The number of rotatable bonds is 6. The second-order valence-electron chi connectivity index (χ2n) is 5.42. The Kier molecular flexibility index (Phi) is 4.28. The molecule has 0 amide bonds. The Hall–Kier alpha value is 0. The molecule has 1 aliphatic carbocycles. The summed E-state index contributed by atoms with van der Waals surface area (Å²) in [5.74, 6) is 0.953. The molecule has 1 atom stereocenters. The van der Waals surface area contributed by atoms with Crippen molar-refractivity contribution in [3.05, 3.63) is 0 Å². The molecule has 0 aromatic carbocycles. The Bertz CT molecular complexity index is 133. The van der Waals surface area contributed by atoms with Crippen LogP contribution in [0, 0.1) is 11.3 Å². The molecular formula is C13H26. The van der Waals surface area contributed by atoms with E-state index in [4.69, 9.17) is 0 Å². The molecule has 1 aliphatic rings. The van der Waals surface area contributed by atoms with Gasteiger partial charge in [0.2, 0.25) is 0 Å². The summed E-state index contributed by atoms with van der Waals surface area (Å²) < 4.78 is 0. The lowest BCUT2D eigenvalue weighted by atomic mass is 9.67. The standard InChI is InChI=1S/C13H26/c1-4-12(2)8-5-6-9-13(3)10-7-11-13/h12H,4-11H2,1-3H3. The van der Waals surface area contributed by atoms with Crippen LogP contribution in [0.2, 0.25) is 0 Å². The fourth-order valence-electron chi connectivity index (χ4n) is 2.28. The van der Waals surface area contributed by atoms with Gasteiger partial charge in [-0.05, 0) is 30.6 Å². The van der Waals surface area contributed by atoms with Crippen LogP contribution in [0.5, 0.6) is 0 Å². The number of hydrogen-bond donors (Lipinski definition) is 0. The highest BCUT2D eigenvalue weighted by Gasteiger charge is 2.30. The maximum atomic E-state index is 2.47. The molecule has 0 bridgehead atoms. The second-order valence-corrected chi connectivity index (χ2v) is 5.42. The Labute approximate surface area is 84.1 Å².